The molecule has 3 saturated carbocycles. The van der Waals surface area contributed by atoms with Crippen molar-refractivity contribution in [3.8, 4) is 6.07 Å². The van der Waals surface area contributed by atoms with Crippen molar-refractivity contribution in [1.82, 2.24) is 5.32 Å². The van der Waals surface area contributed by atoms with E-state index in [0.29, 0.717) is 28.8 Å². The first-order valence-corrected chi connectivity index (χ1v) is 12.2. The van der Waals surface area contributed by atoms with E-state index in [-0.39, 0.29) is 24.4 Å². The first-order chi connectivity index (χ1) is 13.1. The third kappa shape index (κ3) is 3.72. The van der Waals surface area contributed by atoms with Crippen molar-refractivity contribution in [2.45, 2.75) is 67.4 Å². The van der Waals surface area contributed by atoms with Gasteiger partial charge in [-0.15, -0.1) is 23.5 Å². The molecular formula is C20H28N2O3S2. The highest BCUT2D eigenvalue weighted by Crippen LogP contribution is 2.64. The number of hydrogen-bond donors (Lipinski definition) is 1. The van der Waals surface area contributed by atoms with Gasteiger partial charge >= 0.3 is 5.97 Å². The maximum Gasteiger partial charge on any atom is 0.309 e. The zero-order chi connectivity index (χ0) is 18.9. The van der Waals surface area contributed by atoms with Gasteiger partial charge in [-0.1, -0.05) is 6.42 Å². The number of nitriles is 1. The number of hydrogen-bond acceptors (Lipinski definition) is 6. The van der Waals surface area contributed by atoms with Crippen LogP contribution in [0, 0.1) is 29.1 Å². The summed E-state index contributed by atoms with van der Waals surface area (Å²) < 4.78 is 5.73. The molecule has 1 spiro atoms. The van der Waals surface area contributed by atoms with Crippen LogP contribution in [0.2, 0.25) is 0 Å². The van der Waals surface area contributed by atoms with Crippen molar-refractivity contribution >= 4 is 35.4 Å². The van der Waals surface area contributed by atoms with E-state index in [2.05, 4.69) is 34.9 Å². The summed E-state index contributed by atoms with van der Waals surface area (Å²) in [4.78, 5) is 24.8. The van der Waals surface area contributed by atoms with Crippen LogP contribution in [0.3, 0.4) is 0 Å². The van der Waals surface area contributed by atoms with Gasteiger partial charge in [0.1, 0.15) is 5.54 Å². The Morgan fingerprint density at radius 2 is 1.70 bits per heavy atom. The number of nitrogens with one attached hydrogen (secondary N) is 1. The maximum atomic E-state index is 12.6. The summed E-state index contributed by atoms with van der Waals surface area (Å²) in [6.45, 7) is -0.261. The summed E-state index contributed by atoms with van der Waals surface area (Å²) in [7, 11) is 0. The molecule has 0 aromatic carbocycles. The van der Waals surface area contributed by atoms with Gasteiger partial charge in [0.15, 0.2) is 6.61 Å². The van der Waals surface area contributed by atoms with Gasteiger partial charge in [0.2, 0.25) is 0 Å². The summed E-state index contributed by atoms with van der Waals surface area (Å²) in [6.07, 6.45) is 8.79. The van der Waals surface area contributed by atoms with Crippen LogP contribution in [0.15, 0.2) is 0 Å². The predicted octanol–water partition coefficient (Wildman–Crippen LogP) is 3.48. The molecule has 4 aliphatic rings. The van der Waals surface area contributed by atoms with E-state index in [4.69, 9.17) is 4.74 Å². The van der Waals surface area contributed by atoms with Crippen molar-refractivity contribution in [3.63, 3.8) is 0 Å². The molecule has 148 valence electrons. The molecule has 7 heteroatoms. The van der Waals surface area contributed by atoms with Crippen molar-refractivity contribution in [1.29, 1.82) is 5.26 Å². The van der Waals surface area contributed by atoms with Gasteiger partial charge in [0.25, 0.3) is 5.91 Å². The zero-order valence-corrected chi connectivity index (χ0v) is 17.3. The Balaban J connectivity index is 1.30. The molecule has 1 saturated heterocycles. The van der Waals surface area contributed by atoms with Crippen LogP contribution in [0.25, 0.3) is 0 Å². The van der Waals surface area contributed by atoms with Crippen molar-refractivity contribution < 1.29 is 14.3 Å². The highest BCUT2D eigenvalue weighted by Gasteiger charge is 2.55. The molecule has 0 aromatic heterocycles. The highest BCUT2D eigenvalue weighted by atomic mass is 32.2. The average molecular weight is 409 g/mol. The standard InChI is InChI=1S/C20H28N2O3S2/c21-13-19(6-1-2-7-19)22-17(23)12-25-18(24)14-10-15-4-3-5-16(11-14)20(15)26-8-9-27-20/h14-16H,1-12H2,(H,22,23)/t15-,16-/m1/s1. The lowest BCUT2D eigenvalue weighted by molar-refractivity contribution is -0.155. The molecule has 1 aliphatic heterocycles. The predicted molar refractivity (Wildman–Crippen MR) is 107 cm³/mol. The lowest BCUT2D eigenvalue weighted by Crippen LogP contribution is -2.49. The van der Waals surface area contributed by atoms with Crippen LogP contribution < -0.4 is 5.32 Å². The SMILES string of the molecule is N#CC1(NC(=O)COC(=O)C2C[C@H]3CCC[C@H](C2)C32SCCS2)CCCC1. The summed E-state index contributed by atoms with van der Waals surface area (Å²) >= 11 is 4.25. The number of thioether (sulfide) groups is 2. The number of carbonyl (C=O) groups is 2. The van der Waals surface area contributed by atoms with Crippen LogP contribution in [0.4, 0.5) is 0 Å². The normalized spacial score (nSPS) is 33.4. The Kier molecular flexibility index (Phi) is 5.67. The quantitative estimate of drug-likeness (QED) is 0.718. The minimum Gasteiger partial charge on any atom is -0.455 e. The monoisotopic (exact) mass is 408 g/mol. The number of carbonyl (C=O) groups excluding carboxylic acids is 2. The topological polar surface area (TPSA) is 79.2 Å². The summed E-state index contributed by atoms with van der Waals surface area (Å²) in [5, 5.41) is 12.2. The molecule has 27 heavy (non-hydrogen) atoms. The maximum absolute atomic E-state index is 12.6. The van der Waals surface area contributed by atoms with E-state index in [1.54, 1.807) is 0 Å². The van der Waals surface area contributed by atoms with Gasteiger partial charge in [0.05, 0.1) is 16.1 Å². The molecule has 0 radical (unpaired) electrons. The molecule has 5 nitrogen and oxygen atoms in total. The highest BCUT2D eigenvalue weighted by molar-refractivity contribution is 8.21. The molecule has 4 rings (SSSR count). The Bertz CT molecular complexity index is 620. The fourth-order valence-corrected chi connectivity index (χ4v) is 9.54. The van der Waals surface area contributed by atoms with E-state index >= 15 is 0 Å². The Labute approximate surface area is 169 Å². The molecule has 2 atom stereocenters. The lowest BCUT2D eigenvalue weighted by atomic mass is 9.67. The smallest absolute Gasteiger partial charge is 0.309 e. The fraction of sp³-hybridized carbons (Fsp3) is 0.850. The summed E-state index contributed by atoms with van der Waals surface area (Å²) in [6, 6.07) is 2.24. The first-order valence-electron chi connectivity index (χ1n) is 10.2. The van der Waals surface area contributed by atoms with E-state index < -0.39 is 5.54 Å². The minimum absolute atomic E-state index is 0.0723. The molecule has 4 fully saturated rings. The van der Waals surface area contributed by atoms with Gasteiger partial charge in [-0.25, -0.2) is 0 Å². The van der Waals surface area contributed by atoms with E-state index in [0.717, 1.165) is 25.7 Å². The Morgan fingerprint density at radius 3 is 2.30 bits per heavy atom. The van der Waals surface area contributed by atoms with Crippen LogP contribution in [0.1, 0.15) is 57.8 Å². The van der Waals surface area contributed by atoms with Gasteiger partial charge < -0.3 is 10.1 Å². The summed E-state index contributed by atoms with van der Waals surface area (Å²) in [5.74, 6) is 3.00. The number of nitrogens with zero attached hydrogens (tertiary/aromatic N) is 1. The minimum atomic E-state index is -0.755. The average Bonchev–Trinajstić information content (AvgIpc) is 3.30. The molecule has 2 bridgehead atoms. The third-order valence-corrected chi connectivity index (χ3v) is 10.9. The molecule has 3 aliphatic carbocycles. The number of amides is 1. The van der Waals surface area contributed by atoms with Gasteiger partial charge in [-0.2, -0.15) is 5.26 Å². The Morgan fingerprint density at radius 1 is 1.07 bits per heavy atom. The molecule has 0 unspecified atom stereocenters. The van der Waals surface area contributed by atoms with Crippen molar-refractivity contribution in [2.24, 2.45) is 17.8 Å². The second-order valence-electron chi connectivity index (χ2n) is 8.47. The van der Waals surface area contributed by atoms with Crippen molar-refractivity contribution in [3.05, 3.63) is 0 Å². The second kappa shape index (κ2) is 7.87. The second-order valence-corrected chi connectivity index (χ2v) is 11.5. The van der Waals surface area contributed by atoms with E-state index in [1.165, 1.54) is 30.8 Å². The number of ether oxygens (including phenoxy) is 1. The van der Waals surface area contributed by atoms with E-state index in [1.807, 2.05) is 0 Å². The molecular weight excluding hydrogens is 380 g/mol. The van der Waals surface area contributed by atoms with Crippen molar-refractivity contribution in [2.75, 3.05) is 18.1 Å². The fourth-order valence-electron chi connectivity index (χ4n) is 5.60. The zero-order valence-electron chi connectivity index (χ0n) is 15.7. The van der Waals surface area contributed by atoms with Crippen LogP contribution in [0.5, 0.6) is 0 Å². The van der Waals surface area contributed by atoms with Gasteiger partial charge in [-0.3, -0.25) is 9.59 Å². The first kappa shape index (κ1) is 19.4. The molecule has 1 amide bonds. The van der Waals surface area contributed by atoms with Gasteiger partial charge in [-0.05, 0) is 63.2 Å². The van der Waals surface area contributed by atoms with Crippen LogP contribution in [-0.2, 0) is 14.3 Å². The molecule has 1 N–H and O–H groups in total. The van der Waals surface area contributed by atoms with Crippen LogP contribution >= 0.6 is 23.5 Å². The number of esters is 1. The van der Waals surface area contributed by atoms with Gasteiger partial charge in [0, 0.05) is 11.5 Å². The van der Waals surface area contributed by atoms with Crippen LogP contribution in [-0.4, -0.2) is 39.6 Å². The third-order valence-electron chi connectivity index (χ3n) is 6.85. The largest absolute Gasteiger partial charge is 0.455 e. The number of rotatable bonds is 4. The van der Waals surface area contributed by atoms with E-state index in [9.17, 15) is 14.9 Å². The lowest BCUT2D eigenvalue weighted by Gasteiger charge is -2.51. The summed E-state index contributed by atoms with van der Waals surface area (Å²) in [5.41, 5.74) is -0.755. The molecule has 1 heterocycles. The Hall–Kier alpha value is -0.870. The molecule has 0 aromatic rings.